The Kier molecular flexibility index (Phi) is 3.30. The van der Waals surface area contributed by atoms with Crippen LogP contribution in [0.4, 0.5) is 0 Å². The molecular formula is C3H4N2O3. The van der Waals surface area contributed by atoms with E-state index < -0.39 is 5.91 Å². The maximum Gasteiger partial charge on any atom is 0.305 e. The van der Waals surface area contributed by atoms with E-state index in [4.69, 9.17) is 0 Å². The zero-order chi connectivity index (χ0) is 6.41. The molecule has 0 aromatic rings. The second kappa shape index (κ2) is 3.91. The molecule has 0 spiro atoms. The molecule has 5 nitrogen and oxygen atoms in total. The van der Waals surface area contributed by atoms with Crippen molar-refractivity contribution >= 4 is 12.3 Å². The molecule has 0 saturated heterocycles. The van der Waals surface area contributed by atoms with Crippen LogP contribution < -0.4 is 5.32 Å². The SMILES string of the molecule is O=CNCC(=O)N=O. The minimum Gasteiger partial charge on any atom is -0.349 e. The highest BCUT2D eigenvalue weighted by Crippen LogP contribution is 1.65. The number of hydrogen-bond acceptors (Lipinski definition) is 3. The van der Waals surface area contributed by atoms with Gasteiger partial charge >= 0.3 is 5.91 Å². The fourth-order valence-corrected chi connectivity index (χ4v) is 0.161. The summed E-state index contributed by atoms with van der Waals surface area (Å²) in [6.45, 7) is -0.313. The third kappa shape index (κ3) is 2.95. The summed E-state index contributed by atoms with van der Waals surface area (Å²) in [5, 5.41) is 3.99. The maximum absolute atomic E-state index is 9.87. The van der Waals surface area contributed by atoms with Crippen molar-refractivity contribution in [2.24, 2.45) is 5.18 Å². The quantitative estimate of drug-likeness (QED) is 0.380. The second-order valence-electron chi connectivity index (χ2n) is 0.984. The number of nitrogens with one attached hydrogen (secondary N) is 1. The first-order valence-corrected chi connectivity index (χ1v) is 1.84. The van der Waals surface area contributed by atoms with E-state index in [1.54, 1.807) is 0 Å². The van der Waals surface area contributed by atoms with E-state index in [0.29, 0.717) is 6.41 Å². The third-order valence-electron chi connectivity index (χ3n) is 0.438. The molecule has 2 amide bonds. The van der Waals surface area contributed by atoms with Crippen LogP contribution in [-0.2, 0) is 9.59 Å². The third-order valence-corrected chi connectivity index (χ3v) is 0.438. The van der Waals surface area contributed by atoms with Crippen molar-refractivity contribution in [1.82, 2.24) is 5.32 Å². The number of carbonyl (C=O) groups excluding carboxylic acids is 2. The lowest BCUT2D eigenvalue weighted by molar-refractivity contribution is -0.119. The molecule has 0 aliphatic heterocycles. The lowest BCUT2D eigenvalue weighted by Crippen LogP contribution is -2.18. The molecular weight excluding hydrogens is 112 g/mol. The summed E-state index contributed by atoms with van der Waals surface area (Å²) in [6.07, 6.45) is 0.322. The Morgan fingerprint density at radius 1 is 1.75 bits per heavy atom. The zero-order valence-corrected chi connectivity index (χ0v) is 3.96. The molecule has 0 bridgehead atoms. The molecule has 0 aliphatic carbocycles. The fourth-order valence-electron chi connectivity index (χ4n) is 0.161. The molecule has 0 aliphatic rings. The first kappa shape index (κ1) is 6.74. The predicted molar refractivity (Wildman–Crippen MR) is 24.9 cm³/mol. The minimum atomic E-state index is -0.878. The molecule has 44 valence electrons. The number of rotatable bonds is 3. The minimum absolute atomic E-state index is 0.313. The lowest BCUT2D eigenvalue weighted by atomic mass is 10.6. The zero-order valence-electron chi connectivity index (χ0n) is 3.96. The summed E-state index contributed by atoms with van der Waals surface area (Å²) in [7, 11) is 0. The van der Waals surface area contributed by atoms with Crippen LogP contribution in [0.3, 0.4) is 0 Å². The first-order valence-electron chi connectivity index (χ1n) is 1.84. The van der Waals surface area contributed by atoms with Crippen LogP contribution in [0.1, 0.15) is 0 Å². The van der Waals surface area contributed by atoms with Gasteiger partial charge in [-0.05, 0) is 0 Å². The maximum atomic E-state index is 9.87. The van der Waals surface area contributed by atoms with E-state index in [1.165, 1.54) is 0 Å². The molecule has 0 aromatic carbocycles. The van der Waals surface area contributed by atoms with Crippen molar-refractivity contribution in [1.29, 1.82) is 0 Å². The van der Waals surface area contributed by atoms with E-state index in [0.717, 1.165) is 0 Å². The van der Waals surface area contributed by atoms with Gasteiger partial charge in [0.2, 0.25) is 6.41 Å². The Balaban J connectivity index is 3.24. The summed E-state index contributed by atoms with van der Waals surface area (Å²) in [5.41, 5.74) is 0. The highest BCUT2D eigenvalue weighted by molar-refractivity contribution is 5.80. The van der Waals surface area contributed by atoms with Crippen molar-refractivity contribution in [3.8, 4) is 0 Å². The average Bonchev–Trinajstić information content (AvgIpc) is 1.83. The molecule has 0 heterocycles. The number of nitrogens with zero attached hydrogens (tertiary/aromatic N) is 1. The Hall–Kier alpha value is -1.26. The van der Waals surface area contributed by atoms with Crippen molar-refractivity contribution in [3.63, 3.8) is 0 Å². The molecule has 0 rings (SSSR count). The van der Waals surface area contributed by atoms with Gasteiger partial charge < -0.3 is 5.32 Å². The van der Waals surface area contributed by atoms with E-state index in [9.17, 15) is 14.5 Å². The van der Waals surface area contributed by atoms with Crippen molar-refractivity contribution in [3.05, 3.63) is 4.91 Å². The van der Waals surface area contributed by atoms with Gasteiger partial charge in [-0.2, -0.15) is 0 Å². The Labute approximate surface area is 45.0 Å². The molecule has 0 aromatic heterocycles. The summed E-state index contributed by atoms with van der Waals surface area (Å²) in [4.78, 5) is 28.5. The van der Waals surface area contributed by atoms with Gasteiger partial charge in [-0.25, -0.2) is 0 Å². The Bertz CT molecular complexity index is 111. The van der Waals surface area contributed by atoms with Crippen LogP contribution in [-0.4, -0.2) is 18.9 Å². The van der Waals surface area contributed by atoms with Crippen molar-refractivity contribution in [2.75, 3.05) is 6.54 Å². The van der Waals surface area contributed by atoms with Crippen LogP contribution in [0.5, 0.6) is 0 Å². The number of carbonyl (C=O) groups is 2. The summed E-state index contributed by atoms with van der Waals surface area (Å²) < 4.78 is 0. The first-order chi connectivity index (χ1) is 3.81. The topological polar surface area (TPSA) is 75.6 Å². The number of hydrogen-bond donors (Lipinski definition) is 1. The van der Waals surface area contributed by atoms with Gasteiger partial charge in [0, 0.05) is 5.18 Å². The molecule has 0 unspecified atom stereocenters. The molecule has 0 radical (unpaired) electrons. The molecule has 0 saturated carbocycles. The highest BCUT2D eigenvalue weighted by Gasteiger charge is 1.94. The normalized spacial score (nSPS) is 7.50. The molecule has 1 N–H and O–H groups in total. The van der Waals surface area contributed by atoms with Gasteiger partial charge in [-0.15, -0.1) is 4.91 Å². The van der Waals surface area contributed by atoms with E-state index in [1.807, 2.05) is 10.5 Å². The van der Waals surface area contributed by atoms with Gasteiger partial charge in [0.15, 0.2) is 0 Å². The standard InChI is InChI=1S/C3H4N2O3/c6-2-4-1-3(7)5-8/h2H,1H2,(H,4,6). The monoisotopic (exact) mass is 116 g/mol. The van der Waals surface area contributed by atoms with Gasteiger partial charge in [0.1, 0.15) is 6.54 Å². The van der Waals surface area contributed by atoms with Crippen LogP contribution in [0, 0.1) is 4.91 Å². The second-order valence-corrected chi connectivity index (χ2v) is 0.984. The van der Waals surface area contributed by atoms with E-state index in [-0.39, 0.29) is 6.54 Å². The summed E-state index contributed by atoms with van der Waals surface area (Å²) >= 11 is 0. The van der Waals surface area contributed by atoms with Crippen LogP contribution >= 0.6 is 0 Å². The Morgan fingerprint density at radius 3 is 2.75 bits per heavy atom. The number of nitroso groups, excluding NO2 is 1. The molecule has 0 fully saturated rings. The number of amides is 2. The van der Waals surface area contributed by atoms with E-state index >= 15 is 0 Å². The van der Waals surface area contributed by atoms with Crippen LogP contribution in [0.2, 0.25) is 0 Å². The molecule has 8 heavy (non-hydrogen) atoms. The van der Waals surface area contributed by atoms with Crippen molar-refractivity contribution in [2.45, 2.75) is 0 Å². The Morgan fingerprint density at radius 2 is 2.38 bits per heavy atom. The van der Waals surface area contributed by atoms with Crippen LogP contribution in [0.25, 0.3) is 0 Å². The smallest absolute Gasteiger partial charge is 0.305 e. The molecule has 0 atom stereocenters. The van der Waals surface area contributed by atoms with E-state index in [2.05, 4.69) is 0 Å². The summed E-state index contributed by atoms with van der Waals surface area (Å²) in [5.74, 6) is -0.878. The van der Waals surface area contributed by atoms with Gasteiger partial charge in [0.05, 0.1) is 0 Å². The average molecular weight is 116 g/mol. The van der Waals surface area contributed by atoms with Crippen LogP contribution in [0.15, 0.2) is 5.18 Å². The highest BCUT2D eigenvalue weighted by atomic mass is 16.3. The van der Waals surface area contributed by atoms with Crippen molar-refractivity contribution < 1.29 is 9.59 Å². The summed E-state index contributed by atoms with van der Waals surface area (Å²) in [6, 6.07) is 0. The van der Waals surface area contributed by atoms with Gasteiger partial charge in [-0.3, -0.25) is 9.59 Å². The van der Waals surface area contributed by atoms with Gasteiger partial charge in [-0.1, -0.05) is 0 Å². The lowest BCUT2D eigenvalue weighted by Gasteiger charge is -1.84. The largest absolute Gasteiger partial charge is 0.349 e. The van der Waals surface area contributed by atoms with Gasteiger partial charge in [0.25, 0.3) is 0 Å². The molecule has 5 heteroatoms. The fraction of sp³-hybridized carbons (Fsp3) is 0.333. The predicted octanol–water partition coefficient (Wildman–Crippen LogP) is -0.975.